The monoisotopic (exact) mass is 285 g/mol. The van der Waals surface area contributed by atoms with E-state index < -0.39 is 5.97 Å². The first kappa shape index (κ1) is 13.2. The molecule has 0 unspecified atom stereocenters. The number of benzene rings is 1. The molecule has 0 saturated heterocycles. The zero-order valence-corrected chi connectivity index (χ0v) is 11.1. The van der Waals surface area contributed by atoms with Crippen LogP contribution in [-0.2, 0) is 11.3 Å². The molecule has 0 atom stereocenters. The van der Waals surface area contributed by atoms with Crippen LogP contribution < -0.4 is 0 Å². The third-order valence-electron chi connectivity index (χ3n) is 2.40. The number of carbonyl (C=O) groups is 1. The van der Waals surface area contributed by atoms with Crippen molar-refractivity contribution in [3.63, 3.8) is 0 Å². The van der Waals surface area contributed by atoms with Crippen LogP contribution in [0.2, 0.25) is 0 Å². The van der Waals surface area contributed by atoms with Crippen LogP contribution in [0.3, 0.4) is 0 Å². The molecule has 0 radical (unpaired) electrons. The third kappa shape index (κ3) is 4.33. The Balaban J connectivity index is 2.52. The van der Waals surface area contributed by atoms with E-state index in [1.54, 1.807) is 0 Å². The van der Waals surface area contributed by atoms with Gasteiger partial charge in [-0.25, -0.2) is 0 Å². The van der Waals surface area contributed by atoms with Crippen LogP contribution in [0.5, 0.6) is 0 Å². The molecule has 0 fully saturated rings. The number of carboxylic acid groups (broad SMARTS) is 1. The first-order valence-corrected chi connectivity index (χ1v) is 5.93. The molecule has 4 heteroatoms. The van der Waals surface area contributed by atoms with Crippen LogP contribution in [0, 0.1) is 6.92 Å². The van der Waals surface area contributed by atoms with Crippen molar-refractivity contribution in [2.75, 3.05) is 13.6 Å². The van der Waals surface area contributed by atoms with Crippen LogP contribution in [0.25, 0.3) is 0 Å². The summed E-state index contributed by atoms with van der Waals surface area (Å²) in [6.07, 6.45) is 0.184. The lowest BCUT2D eigenvalue weighted by atomic mass is 10.1. The highest BCUT2D eigenvalue weighted by atomic mass is 79.9. The van der Waals surface area contributed by atoms with E-state index in [4.69, 9.17) is 5.11 Å². The molecular weight excluding hydrogens is 270 g/mol. The van der Waals surface area contributed by atoms with Gasteiger partial charge in [0.2, 0.25) is 0 Å². The van der Waals surface area contributed by atoms with Crippen LogP contribution in [0.15, 0.2) is 22.7 Å². The van der Waals surface area contributed by atoms with Crippen LogP contribution >= 0.6 is 15.9 Å². The minimum absolute atomic E-state index is 0.184. The summed E-state index contributed by atoms with van der Waals surface area (Å²) in [7, 11) is 1.93. The number of aryl methyl sites for hydroxylation is 1. The van der Waals surface area contributed by atoms with Gasteiger partial charge in [0.05, 0.1) is 6.42 Å². The van der Waals surface area contributed by atoms with E-state index in [2.05, 4.69) is 34.1 Å². The number of hydrogen-bond acceptors (Lipinski definition) is 2. The zero-order chi connectivity index (χ0) is 12.1. The fourth-order valence-corrected chi connectivity index (χ4v) is 1.84. The topological polar surface area (TPSA) is 40.5 Å². The lowest BCUT2D eigenvalue weighted by Gasteiger charge is -2.15. The second-order valence-electron chi connectivity index (χ2n) is 3.97. The maximum atomic E-state index is 10.4. The first-order valence-electron chi connectivity index (χ1n) is 5.14. The van der Waals surface area contributed by atoms with E-state index in [-0.39, 0.29) is 6.42 Å². The van der Waals surface area contributed by atoms with Gasteiger partial charge in [0, 0.05) is 17.6 Å². The maximum Gasteiger partial charge on any atom is 0.304 e. The van der Waals surface area contributed by atoms with E-state index in [0.717, 1.165) is 11.0 Å². The van der Waals surface area contributed by atoms with Gasteiger partial charge in [-0.15, -0.1) is 0 Å². The summed E-state index contributed by atoms with van der Waals surface area (Å²) in [6.45, 7) is 3.38. The number of nitrogens with zero attached hydrogens (tertiary/aromatic N) is 1. The van der Waals surface area contributed by atoms with Crippen molar-refractivity contribution >= 4 is 21.9 Å². The molecule has 88 valence electrons. The molecule has 0 aromatic heterocycles. The molecular formula is C12H16BrNO2. The van der Waals surface area contributed by atoms with Gasteiger partial charge >= 0.3 is 5.97 Å². The van der Waals surface area contributed by atoms with Crippen molar-refractivity contribution in [3.05, 3.63) is 33.8 Å². The molecule has 0 aliphatic heterocycles. The molecule has 0 amide bonds. The second-order valence-corrected chi connectivity index (χ2v) is 4.82. The molecule has 0 saturated carbocycles. The Bertz CT molecular complexity index is 379. The molecule has 1 aromatic rings. The minimum atomic E-state index is -0.753. The summed E-state index contributed by atoms with van der Waals surface area (Å²) < 4.78 is 1.09. The normalized spacial score (nSPS) is 10.8. The van der Waals surface area contributed by atoms with Gasteiger partial charge in [-0.1, -0.05) is 28.1 Å². The number of rotatable bonds is 5. The van der Waals surface area contributed by atoms with Gasteiger partial charge in [0.1, 0.15) is 0 Å². The molecule has 16 heavy (non-hydrogen) atoms. The fourth-order valence-electron chi connectivity index (χ4n) is 1.41. The van der Waals surface area contributed by atoms with Crippen LogP contribution in [0.4, 0.5) is 0 Å². The zero-order valence-electron chi connectivity index (χ0n) is 9.53. The van der Waals surface area contributed by atoms with Crippen molar-refractivity contribution in [1.82, 2.24) is 4.90 Å². The maximum absolute atomic E-state index is 10.4. The summed E-state index contributed by atoms with van der Waals surface area (Å²) >= 11 is 3.49. The third-order valence-corrected chi connectivity index (χ3v) is 3.25. The van der Waals surface area contributed by atoms with Crippen molar-refractivity contribution in [2.45, 2.75) is 19.9 Å². The van der Waals surface area contributed by atoms with Crippen molar-refractivity contribution in [1.29, 1.82) is 0 Å². The van der Waals surface area contributed by atoms with E-state index in [1.165, 1.54) is 11.1 Å². The van der Waals surface area contributed by atoms with E-state index in [0.29, 0.717) is 6.54 Å². The van der Waals surface area contributed by atoms with Gasteiger partial charge in [-0.05, 0) is 31.2 Å². The largest absolute Gasteiger partial charge is 0.481 e. The summed E-state index contributed by atoms with van der Waals surface area (Å²) in [5.41, 5.74) is 2.39. The first-order chi connectivity index (χ1) is 7.49. The second kappa shape index (κ2) is 6.01. The Morgan fingerprint density at radius 3 is 2.75 bits per heavy atom. The molecule has 0 spiro atoms. The standard InChI is InChI=1S/C12H16BrNO2/c1-9-3-4-10(7-11(9)13)8-14(2)6-5-12(15)16/h3-4,7H,5-6,8H2,1-2H3,(H,15,16). The molecule has 0 aliphatic rings. The van der Waals surface area contributed by atoms with Gasteiger partial charge in [0.25, 0.3) is 0 Å². The molecule has 1 aromatic carbocycles. The number of hydrogen-bond donors (Lipinski definition) is 1. The predicted molar refractivity (Wildman–Crippen MR) is 67.5 cm³/mol. The smallest absolute Gasteiger partial charge is 0.304 e. The molecule has 1 N–H and O–H groups in total. The van der Waals surface area contributed by atoms with Gasteiger partial charge in [0.15, 0.2) is 0 Å². The minimum Gasteiger partial charge on any atom is -0.481 e. The van der Waals surface area contributed by atoms with Gasteiger partial charge in [-0.2, -0.15) is 0 Å². The van der Waals surface area contributed by atoms with E-state index in [9.17, 15) is 4.79 Å². The summed E-state index contributed by atoms with van der Waals surface area (Å²) in [5, 5.41) is 8.57. The lowest BCUT2D eigenvalue weighted by molar-refractivity contribution is -0.137. The Morgan fingerprint density at radius 1 is 1.50 bits per heavy atom. The van der Waals surface area contributed by atoms with Crippen molar-refractivity contribution in [2.24, 2.45) is 0 Å². The summed E-state index contributed by atoms with van der Waals surface area (Å²) in [4.78, 5) is 12.4. The summed E-state index contributed by atoms with van der Waals surface area (Å²) in [6, 6.07) is 6.20. The Kier molecular flexibility index (Phi) is 4.96. The lowest BCUT2D eigenvalue weighted by Crippen LogP contribution is -2.21. The summed E-state index contributed by atoms with van der Waals surface area (Å²) in [5.74, 6) is -0.753. The van der Waals surface area contributed by atoms with Crippen LogP contribution in [-0.4, -0.2) is 29.6 Å². The van der Waals surface area contributed by atoms with E-state index in [1.807, 2.05) is 18.9 Å². The number of aliphatic carboxylic acids is 1. The van der Waals surface area contributed by atoms with Gasteiger partial charge in [-0.3, -0.25) is 4.79 Å². The highest BCUT2D eigenvalue weighted by Gasteiger charge is 2.04. The quantitative estimate of drug-likeness (QED) is 0.904. The van der Waals surface area contributed by atoms with Crippen molar-refractivity contribution in [3.8, 4) is 0 Å². The average Bonchev–Trinajstić information content (AvgIpc) is 2.21. The highest BCUT2D eigenvalue weighted by Crippen LogP contribution is 2.18. The fraction of sp³-hybridized carbons (Fsp3) is 0.417. The average molecular weight is 286 g/mol. The van der Waals surface area contributed by atoms with Gasteiger partial charge < -0.3 is 10.0 Å². The predicted octanol–water partition coefficient (Wildman–Crippen LogP) is 2.66. The van der Waals surface area contributed by atoms with E-state index >= 15 is 0 Å². The Hall–Kier alpha value is -0.870. The number of carboxylic acids is 1. The molecule has 0 bridgehead atoms. The van der Waals surface area contributed by atoms with Crippen molar-refractivity contribution < 1.29 is 9.90 Å². The SMILES string of the molecule is Cc1ccc(CN(C)CCC(=O)O)cc1Br. The molecule has 0 aliphatic carbocycles. The number of halogens is 1. The molecule has 3 nitrogen and oxygen atoms in total. The Labute approximate surface area is 104 Å². The molecule has 1 rings (SSSR count). The highest BCUT2D eigenvalue weighted by molar-refractivity contribution is 9.10. The Morgan fingerprint density at radius 2 is 2.19 bits per heavy atom. The van der Waals surface area contributed by atoms with Crippen LogP contribution in [0.1, 0.15) is 17.5 Å². The molecule has 0 heterocycles.